The van der Waals surface area contributed by atoms with Crippen LogP contribution in [0.5, 0.6) is 28.7 Å². The molecule has 0 saturated carbocycles. The minimum atomic E-state index is -1.37. The standard InChI is InChI=1S/C14H18O7/c1-14(13(16)17)6-5-7-9(18-2)8(15)11(19-3)12(20-4)10(7)21-14/h15H,5-6H2,1-4H3,(H,16,17). The number of aliphatic carboxylic acids is 1. The average molecular weight is 298 g/mol. The predicted octanol–water partition coefficient (Wildman–Crippen LogP) is 1.59. The monoisotopic (exact) mass is 298 g/mol. The van der Waals surface area contributed by atoms with Crippen LogP contribution in [0.1, 0.15) is 18.9 Å². The SMILES string of the molecule is COc1c(O)c(OC)c(OC)c2c1CCC(C)(C(=O)O)O2. The summed E-state index contributed by atoms with van der Waals surface area (Å²) in [5.74, 6) is -0.643. The zero-order valence-electron chi connectivity index (χ0n) is 12.3. The number of hydrogen-bond acceptors (Lipinski definition) is 6. The average Bonchev–Trinajstić information content (AvgIpc) is 2.46. The first-order valence-electron chi connectivity index (χ1n) is 6.35. The Balaban J connectivity index is 2.70. The summed E-state index contributed by atoms with van der Waals surface area (Å²) in [6, 6.07) is 0. The molecule has 2 N–H and O–H groups in total. The summed E-state index contributed by atoms with van der Waals surface area (Å²) >= 11 is 0. The van der Waals surface area contributed by atoms with Crippen LogP contribution >= 0.6 is 0 Å². The van der Waals surface area contributed by atoms with Gasteiger partial charge in [0.05, 0.1) is 21.3 Å². The van der Waals surface area contributed by atoms with Gasteiger partial charge in [0.1, 0.15) is 0 Å². The Labute approximate surface area is 122 Å². The third kappa shape index (κ3) is 2.18. The molecule has 1 unspecified atom stereocenters. The number of benzene rings is 1. The Bertz CT molecular complexity index is 556. The largest absolute Gasteiger partial charge is 0.502 e. The molecule has 1 aromatic rings. The molecule has 1 atom stereocenters. The topological polar surface area (TPSA) is 94.5 Å². The van der Waals surface area contributed by atoms with Gasteiger partial charge in [-0.25, -0.2) is 4.79 Å². The number of carboxylic acids is 1. The van der Waals surface area contributed by atoms with Crippen LogP contribution in [-0.2, 0) is 11.2 Å². The molecule has 1 aliphatic rings. The second kappa shape index (κ2) is 5.23. The summed E-state index contributed by atoms with van der Waals surface area (Å²) in [6.07, 6.45) is 0.621. The van der Waals surface area contributed by atoms with Crippen molar-refractivity contribution in [3.8, 4) is 28.7 Å². The lowest BCUT2D eigenvalue weighted by Gasteiger charge is -2.34. The van der Waals surface area contributed by atoms with Gasteiger partial charge in [-0.1, -0.05) is 0 Å². The Kier molecular flexibility index (Phi) is 3.76. The summed E-state index contributed by atoms with van der Waals surface area (Å²) in [5.41, 5.74) is -0.806. The van der Waals surface area contributed by atoms with Crippen molar-refractivity contribution in [2.45, 2.75) is 25.4 Å². The van der Waals surface area contributed by atoms with Gasteiger partial charge in [-0.3, -0.25) is 0 Å². The third-order valence-electron chi connectivity index (χ3n) is 3.63. The summed E-state index contributed by atoms with van der Waals surface area (Å²) in [5, 5.41) is 19.5. The van der Waals surface area contributed by atoms with Crippen LogP contribution in [0.4, 0.5) is 0 Å². The number of carboxylic acid groups (broad SMARTS) is 1. The molecule has 21 heavy (non-hydrogen) atoms. The first kappa shape index (κ1) is 15.1. The Morgan fingerprint density at radius 3 is 2.19 bits per heavy atom. The molecule has 7 nitrogen and oxygen atoms in total. The van der Waals surface area contributed by atoms with Gasteiger partial charge in [0.25, 0.3) is 0 Å². The van der Waals surface area contributed by atoms with Crippen molar-refractivity contribution in [1.82, 2.24) is 0 Å². The van der Waals surface area contributed by atoms with E-state index in [1.807, 2.05) is 0 Å². The van der Waals surface area contributed by atoms with Gasteiger partial charge in [-0.05, 0) is 13.3 Å². The van der Waals surface area contributed by atoms with Crippen LogP contribution in [-0.4, -0.2) is 43.1 Å². The van der Waals surface area contributed by atoms with Gasteiger partial charge in [0.15, 0.2) is 11.5 Å². The maximum atomic E-state index is 11.4. The van der Waals surface area contributed by atoms with Crippen molar-refractivity contribution >= 4 is 5.97 Å². The normalized spacial score (nSPS) is 20.2. The van der Waals surface area contributed by atoms with E-state index in [1.54, 1.807) is 0 Å². The van der Waals surface area contributed by atoms with Crippen LogP contribution in [0.25, 0.3) is 0 Å². The van der Waals surface area contributed by atoms with E-state index in [-0.39, 0.29) is 35.2 Å². The Morgan fingerprint density at radius 1 is 1.14 bits per heavy atom. The molecule has 2 rings (SSSR count). The lowest BCUT2D eigenvalue weighted by molar-refractivity contribution is -0.155. The highest BCUT2D eigenvalue weighted by atomic mass is 16.6. The molecular formula is C14H18O7. The van der Waals surface area contributed by atoms with Crippen LogP contribution in [0.2, 0.25) is 0 Å². The maximum Gasteiger partial charge on any atom is 0.347 e. The molecule has 0 aliphatic carbocycles. The van der Waals surface area contributed by atoms with Crippen molar-refractivity contribution in [2.75, 3.05) is 21.3 Å². The minimum absolute atomic E-state index is 0.0442. The van der Waals surface area contributed by atoms with Crippen molar-refractivity contribution in [3.05, 3.63) is 5.56 Å². The van der Waals surface area contributed by atoms with E-state index in [9.17, 15) is 15.0 Å². The fourth-order valence-corrected chi connectivity index (χ4v) is 2.42. The second-order valence-electron chi connectivity index (χ2n) is 4.89. The van der Waals surface area contributed by atoms with Crippen molar-refractivity contribution in [1.29, 1.82) is 0 Å². The first-order valence-corrected chi connectivity index (χ1v) is 6.35. The quantitative estimate of drug-likeness (QED) is 0.871. The summed E-state index contributed by atoms with van der Waals surface area (Å²) in [7, 11) is 4.16. The molecule has 0 bridgehead atoms. The van der Waals surface area contributed by atoms with Gasteiger partial charge in [0, 0.05) is 12.0 Å². The highest BCUT2D eigenvalue weighted by molar-refractivity contribution is 5.79. The number of aromatic hydroxyl groups is 1. The van der Waals surface area contributed by atoms with E-state index < -0.39 is 11.6 Å². The molecule has 1 aliphatic heterocycles. The first-order chi connectivity index (χ1) is 9.89. The molecule has 0 spiro atoms. The Morgan fingerprint density at radius 2 is 1.71 bits per heavy atom. The van der Waals surface area contributed by atoms with E-state index >= 15 is 0 Å². The molecule has 0 aromatic heterocycles. The fraction of sp³-hybridized carbons (Fsp3) is 0.500. The minimum Gasteiger partial charge on any atom is -0.502 e. The highest BCUT2D eigenvalue weighted by Gasteiger charge is 2.43. The van der Waals surface area contributed by atoms with E-state index in [1.165, 1.54) is 28.3 Å². The highest BCUT2D eigenvalue weighted by Crippen LogP contribution is 2.55. The van der Waals surface area contributed by atoms with Crippen molar-refractivity contribution in [3.63, 3.8) is 0 Å². The number of rotatable bonds is 4. The number of fused-ring (bicyclic) bond motifs is 1. The lowest BCUT2D eigenvalue weighted by atomic mass is 9.91. The zero-order chi connectivity index (χ0) is 15.8. The van der Waals surface area contributed by atoms with E-state index in [0.29, 0.717) is 12.0 Å². The molecule has 1 heterocycles. The van der Waals surface area contributed by atoms with Crippen LogP contribution < -0.4 is 18.9 Å². The van der Waals surface area contributed by atoms with E-state index in [4.69, 9.17) is 18.9 Å². The molecule has 0 fully saturated rings. The smallest absolute Gasteiger partial charge is 0.347 e. The number of ether oxygens (including phenoxy) is 4. The fourth-order valence-electron chi connectivity index (χ4n) is 2.42. The second-order valence-corrected chi connectivity index (χ2v) is 4.89. The van der Waals surface area contributed by atoms with Crippen LogP contribution in [0.15, 0.2) is 0 Å². The molecule has 1 aromatic carbocycles. The van der Waals surface area contributed by atoms with Gasteiger partial charge >= 0.3 is 5.97 Å². The van der Waals surface area contributed by atoms with Crippen molar-refractivity contribution < 1.29 is 34.0 Å². The van der Waals surface area contributed by atoms with Crippen molar-refractivity contribution in [2.24, 2.45) is 0 Å². The molecular weight excluding hydrogens is 280 g/mol. The van der Waals surface area contributed by atoms with Crippen LogP contribution in [0, 0.1) is 0 Å². The molecule has 0 radical (unpaired) electrons. The van der Waals surface area contributed by atoms with E-state index in [2.05, 4.69) is 0 Å². The number of phenolic OH excluding ortho intramolecular Hbond substituents is 1. The Hall–Kier alpha value is -2.31. The van der Waals surface area contributed by atoms with E-state index in [0.717, 1.165) is 0 Å². The summed E-state index contributed by atoms with van der Waals surface area (Å²) < 4.78 is 21.2. The van der Waals surface area contributed by atoms with Gasteiger partial charge in [0.2, 0.25) is 22.8 Å². The third-order valence-corrected chi connectivity index (χ3v) is 3.63. The maximum absolute atomic E-state index is 11.4. The number of carbonyl (C=O) groups is 1. The molecule has 7 heteroatoms. The van der Waals surface area contributed by atoms with Crippen LogP contribution in [0.3, 0.4) is 0 Å². The number of methoxy groups -OCH3 is 3. The molecule has 116 valence electrons. The zero-order valence-corrected chi connectivity index (χ0v) is 12.3. The van der Waals surface area contributed by atoms with Gasteiger partial charge in [-0.2, -0.15) is 0 Å². The number of hydrogen-bond donors (Lipinski definition) is 2. The lowest BCUT2D eigenvalue weighted by Crippen LogP contribution is -2.44. The molecule has 0 amide bonds. The molecule has 0 saturated heterocycles. The summed E-state index contributed by atoms with van der Waals surface area (Å²) in [6.45, 7) is 1.49. The van der Waals surface area contributed by atoms with Gasteiger partial charge in [-0.15, -0.1) is 0 Å². The van der Waals surface area contributed by atoms with Gasteiger partial charge < -0.3 is 29.2 Å². The predicted molar refractivity (Wildman–Crippen MR) is 72.8 cm³/mol. The summed E-state index contributed by atoms with van der Waals surface area (Å²) in [4.78, 5) is 11.4. The number of phenols is 1.